The topological polar surface area (TPSA) is 51.0 Å². The van der Waals surface area contributed by atoms with Gasteiger partial charge in [-0.15, -0.1) is 10.2 Å². The number of nitrogens with one attached hydrogen (secondary N) is 1. The molecule has 4 aromatic rings. The first kappa shape index (κ1) is 19.6. The zero-order valence-corrected chi connectivity index (χ0v) is 17.7. The first-order chi connectivity index (χ1) is 14.0. The van der Waals surface area contributed by atoms with E-state index in [1.807, 2.05) is 55.5 Å². The fraction of sp³-hybridized carbons (Fsp3) is 0.0909. The maximum atomic E-state index is 13.6. The molecule has 0 unspecified atom stereocenters. The molecule has 0 radical (unpaired) electrons. The molecule has 1 N–H and O–H groups in total. The third kappa shape index (κ3) is 4.33. The Hall–Kier alpha value is -2.70. The summed E-state index contributed by atoms with van der Waals surface area (Å²) in [5.41, 5.74) is 3.36. The van der Waals surface area contributed by atoms with Gasteiger partial charge in [0.2, 0.25) is 11.8 Å². The van der Waals surface area contributed by atoms with E-state index in [2.05, 4.69) is 31.4 Å². The van der Waals surface area contributed by atoms with Crippen molar-refractivity contribution in [1.82, 2.24) is 10.2 Å². The van der Waals surface area contributed by atoms with Crippen molar-refractivity contribution in [2.45, 2.75) is 13.0 Å². The maximum Gasteiger partial charge on any atom is 0.247 e. The van der Waals surface area contributed by atoms with Crippen LogP contribution in [0.15, 0.2) is 75.6 Å². The van der Waals surface area contributed by atoms with Gasteiger partial charge in [0.05, 0.1) is 0 Å². The first-order valence-electron chi connectivity index (χ1n) is 8.88. The second-order valence-electron chi connectivity index (χ2n) is 6.52. The molecule has 4 nitrogen and oxygen atoms in total. The van der Waals surface area contributed by atoms with E-state index in [9.17, 15) is 4.39 Å². The smallest absolute Gasteiger partial charge is 0.247 e. The van der Waals surface area contributed by atoms with Crippen molar-refractivity contribution in [2.75, 3.05) is 5.32 Å². The first-order valence-corrected chi connectivity index (χ1v) is 10.0. The quantitative estimate of drug-likeness (QED) is 0.347. The highest BCUT2D eigenvalue weighted by molar-refractivity contribution is 9.10. The highest BCUT2D eigenvalue weighted by atomic mass is 79.9. The van der Waals surface area contributed by atoms with Gasteiger partial charge >= 0.3 is 0 Å². The van der Waals surface area contributed by atoms with Crippen molar-refractivity contribution in [3.05, 3.63) is 99.1 Å². The summed E-state index contributed by atoms with van der Waals surface area (Å²) in [6.07, 6.45) is 0. The molecule has 4 rings (SSSR count). The highest BCUT2D eigenvalue weighted by Crippen LogP contribution is 2.33. The fourth-order valence-electron chi connectivity index (χ4n) is 2.96. The van der Waals surface area contributed by atoms with E-state index in [0.29, 0.717) is 17.3 Å². The van der Waals surface area contributed by atoms with E-state index in [4.69, 9.17) is 16.0 Å². The van der Waals surface area contributed by atoms with Crippen molar-refractivity contribution in [3.8, 4) is 11.5 Å². The van der Waals surface area contributed by atoms with Crippen molar-refractivity contribution < 1.29 is 8.81 Å². The minimum absolute atomic E-state index is 0.274. The summed E-state index contributed by atoms with van der Waals surface area (Å²) in [5, 5.41) is 12.1. The molecule has 0 bridgehead atoms. The minimum Gasteiger partial charge on any atom is -0.418 e. The lowest BCUT2D eigenvalue weighted by Crippen LogP contribution is -2.14. The van der Waals surface area contributed by atoms with Gasteiger partial charge in [0.25, 0.3) is 0 Å². The third-order valence-corrected chi connectivity index (χ3v) is 5.67. The third-order valence-electron chi connectivity index (χ3n) is 4.45. The van der Waals surface area contributed by atoms with Crippen LogP contribution in [0.25, 0.3) is 11.5 Å². The van der Waals surface area contributed by atoms with E-state index in [0.717, 1.165) is 21.3 Å². The summed E-state index contributed by atoms with van der Waals surface area (Å²) in [7, 11) is 0. The number of anilines is 1. The lowest BCUT2D eigenvalue weighted by molar-refractivity contribution is 0.494. The van der Waals surface area contributed by atoms with Crippen molar-refractivity contribution in [2.24, 2.45) is 0 Å². The number of hydrogen-bond acceptors (Lipinski definition) is 4. The second-order valence-corrected chi connectivity index (χ2v) is 7.78. The molecule has 0 amide bonds. The van der Waals surface area contributed by atoms with Crippen LogP contribution in [0, 0.1) is 12.7 Å². The number of aryl methyl sites for hydroxylation is 1. The van der Waals surface area contributed by atoms with Gasteiger partial charge in [-0.2, -0.15) is 0 Å². The van der Waals surface area contributed by atoms with Crippen LogP contribution in [-0.4, -0.2) is 10.2 Å². The maximum absolute atomic E-state index is 13.6. The summed E-state index contributed by atoms with van der Waals surface area (Å²) < 4.78 is 20.6. The molecule has 1 atom stereocenters. The summed E-state index contributed by atoms with van der Waals surface area (Å²) in [5.74, 6) is 0.322. The molecule has 0 aliphatic rings. The van der Waals surface area contributed by atoms with Crippen LogP contribution in [0.1, 0.15) is 23.1 Å². The standard InChI is InChI=1S/C22H16BrClFN3O/c1-13-11-16(8-10-18(13)23)26-20(17-9-7-15(25)12-19(17)24)22-28-27-21(29-22)14-5-3-2-4-6-14/h2-12,20,26H,1H3/t20-/m1/s1. The SMILES string of the molecule is Cc1cc(N[C@@H](c2nnc(-c3ccccc3)o2)c2ccc(F)cc2Cl)ccc1Br. The van der Waals surface area contributed by atoms with Gasteiger partial charge in [-0.3, -0.25) is 0 Å². The van der Waals surface area contributed by atoms with Gasteiger partial charge in [-0.25, -0.2) is 4.39 Å². The predicted octanol–water partition coefficient (Wildman–Crippen LogP) is 6.80. The Balaban J connectivity index is 1.76. The Morgan fingerprint density at radius 1 is 1.03 bits per heavy atom. The lowest BCUT2D eigenvalue weighted by atomic mass is 10.1. The van der Waals surface area contributed by atoms with E-state index in [-0.39, 0.29) is 5.02 Å². The van der Waals surface area contributed by atoms with Gasteiger partial charge in [0, 0.05) is 26.3 Å². The second kappa shape index (κ2) is 8.35. The van der Waals surface area contributed by atoms with Gasteiger partial charge in [0.15, 0.2) is 0 Å². The number of nitrogens with zero attached hydrogens (tertiary/aromatic N) is 2. The van der Waals surface area contributed by atoms with Gasteiger partial charge in [-0.1, -0.05) is 51.8 Å². The van der Waals surface area contributed by atoms with Crippen molar-refractivity contribution >= 4 is 33.2 Å². The minimum atomic E-state index is -0.548. The van der Waals surface area contributed by atoms with E-state index < -0.39 is 11.9 Å². The fourth-order valence-corrected chi connectivity index (χ4v) is 3.48. The Bertz CT molecular complexity index is 1150. The van der Waals surface area contributed by atoms with Crippen LogP contribution in [0.3, 0.4) is 0 Å². The molecule has 0 saturated heterocycles. The molecule has 3 aromatic carbocycles. The Kier molecular flexibility index (Phi) is 5.65. The lowest BCUT2D eigenvalue weighted by Gasteiger charge is -2.19. The molecule has 0 spiro atoms. The number of halogens is 3. The monoisotopic (exact) mass is 471 g/mol. The number of aromatic nitrogens is 2. The summed E-state index contributed by atoms with van der Waals surface area (Å²) in [6.45, 7) is 2.00. The number of benzene rings is 3. The molecule has 1 aromatic heterocycles. The van der Waals surface area contributed by atoms with E-state index in [1.54, 1.807) is 6.07 Å². The van der Waals surface area contributed by atoms with Gasteiger partial charge in [-0.05, 0) is 55.0 Å². The largest absolute Gasteiger partial charge is 0.418 e. The molecule has 0 fully saturated rings. The molecule has 0 aliphatic carbocycles. The Morgan fingerprint density at radius 2 is 1.83 bits per heavy atom. The van der Waals surface area contributed by atoms with Crippen LogP contribution < -0.4 is 5.32 Å². The highest BCUT2D eigenvalue weighted by Gasteiger charge is 2.24. The number of hydrogen-bond donors (Lipinski definition) is 1. The van der Waals surface area contributed by atoms with E-state index in [1.165, 1.54) is 12.1 Å². The van der Waals surface area contributed by atoms with Gasteiger partial charge in [0.1, 0.15) is 11.9 Å². The average molecular weight is 473 g/mol. The van der Waals surface area contributed by atoms with Crippen LogP contribution in [0.4, 0.5) is 10.1 Å². The molecule has 1 heterocycles. The summed E-state index contributed by atoms with van der Waals surface area (Å²) in [4.78, 5) is 0. The average Bonchev–Trinajstić information content (AvgIpc) is 3.20. The van der Waals surface area contributed by atoms with E-state index >= 15 is 0 Å². The molecular formula is C22H16BrClFN3O. The Morgan fingerprint density at radius 3 is 2.55 bits per heavy atom. The zero-order chi connectivity index (χ0) is 20.4. The summed E-state index contributed by atoms with van der Waals surface area (Å²) >= 11 is 9.85. The zero-order valence-electron chi connectivity index (χ0n) is 15.4. The molecule has 29 heavy (non-hydrogen) atoms. The molecule has 146 valence electrons. The predicted molar refractivity (Wildman–Crippen MR) is 115 cm³/mol. The molecule has 7 heteroatoms. The summed E-state index contributed by atoms with van der Waals surface area (Å²) in [6, 6.07) is 19.1. The van der Waals surface area contributed by atoms with Crippen LogP contribution in [0.5, 0.6) is 0 Å². The van der Waals surface area contributed by atoms with Crippen LogP contribution in [0.2, 0.25) is 5.02 Å². The molecule has 0 aliphatic heterocycles. The van der Waals surface area contributed by atoms with Crippen LogP contribution in [-0.2, 0) is 0 Å². The Labute approximate surface area is 180 Å². The van der Waals surface area contributed by atoms with Gasteiger partial charge < -0.3 is 9.73 Å². The molecule has 0 saturated carbocycles. The molecular weight excluding hydrogens is 457 g/mol. The van der Waals surface area contributed by atoms with Crippen molar-refractivity contribution in [1.29, 1.82) is 0 Å². The van der Waals surface area contributed by atoms with Crippen LogP contribution >= 0.6 is 27.5 Å². The van der Waals surface area contributed by atoms with Crippen molar-refractivity contribution in [3.63, 3.8) is 0 Å². The number of rotatable bonds is 5. The normalized spacial score (nSPS) is 12.0.